The zero-order chi connectivity index (χ0) is 20.4. The van der Waals surface area contributed by atoms with Gasteiger partial charge in [0.25, 0.3) is 5.91 Å². The molecular weight excluding hydrogens is 364 g/mol. The van der Waals surface area contributed by atoms with Gasteiger partial charge in [0.2, 0.25) is 0 Å². The van der Waals surface area contributed by atoms with Gasteiger partial charge in [-0.1, -0.05) is 12.1 Å². The second-order valence-electron chi connectivity index (χ2n) is 7.44. The Morgan fingerprint density at radius 2 is 1.83 bits per heavy atom. The molecule has 2 heterocycles. The van der Waals surface area contributed by atoms with Crippen LogP contribution in [0.5, 0.6) is 5.75 Å². The minimum Gasteiger partial charge on any atom is -0.497 e. The van der Waals surface area contributed by atoms with Gasteiger partial charge in [-0.15, -0.1) is 0 Å². The van der Waals surface area contributed by atoms with Gasteiger partial charge in [0.1, 0.15) is 5.75 Å². The van der Waals surface area contributed by atoms with Gasteiger partial charge in [0, 0.05) is 31.6 Å². The zero-order valence-corrected chi connectivity index (χ0v) is 17.1. The molecule has 1 aliphatic rings. The number of nitrogens with zero attached hydrogens (tertiary/aromatic N) is 3. The van der Waals surface area contributed by atoms with Crippen molar-refractivity contribution in [1.29, 1.82) is 0 Å². The van der Waals surface area contributed by atoms with Crippen molar-refractivity contribution >= 4 is 28.2 Å². The van der Waals surface area contributed by atoms with Gasteiger partial charge in [-0.05, 0) is 50.4 Å². The lowest BCUT2D eigenvalue weighted by atomic mass is 10.1. The largest absolute Gasteiger partial charge is 0.497 e. The summed E-state index contributed by atoms with van der Waals surface area (Å²) >= 11 is 0. The molecule has 1 N–H and O–H groups in total. The number of benzene rings is 2. The fourth-order valence-corrected chi connectivity index (χ4v) is 3.70. The first-order valence-corrected chi connectivity index (χ1v) is 9.84. The lowest BCUT2D eigenvalue weighted by molar-refractivity contribution is 0.102. The second kappa shape index (κ2) is 8.09. The molecule has 29 heavy (non-hydrogen) atoms. The summed E-state index contributed by atoms with van der Waals surface area (Å²) in [6.07, 6.45) is 0. The molecule has 6 nitrogen and oxygen atoms in total. The third-order valence-electron chi connectivity index (χ3n) is 5.45. The van der Waals surface area contributed by atoms with E-state index in [2.05, 4.69) is 33.2 Å². The Morgan fingerprint density at radius 1 is 1.07 bits per heavy atom. The van der Waals surface area contributed by atoms with E-state index in [1.807, 2.05) is 49.4 Å². The summed E-state index contributed by atoms with van der Waals surface area (Å²) in [5, 5.41) is 3.99. The average molecular weight is 390 g/mol. The van der Waals surface area contributed by atoms with Crippen molar-refractivity contribution in [2.24, 2.45) is 0 Å². The number of ether oxygens (including phenoxy) is 1. The molecule has 6 heteroatoms. The number of anilines is 2. The summed E-state index contributed by atoms with van der Waals surface area (Å²) in [5.74, 6) is 0.594. The number of carbonyl (C=O) groups is 1. The molecule has 0 atom stereocenters. The predicted octanol–water partition coefficient (Wildman–Crippen LogP) is 3.56. The van der Waals surface area contributed by atoms with Gasteiger partial charge in [0.05, 0.1) is 35.3 Å². The molecule has 1 aliphatic heterocycles. The number of carbonyl (C=O) groups excluding carboxylic acids is 1. The average Bonchev–Trinajstić information content (AvgIpc) is 2.74. The number of para-hydroxylation sites is 2. The van der Waals surface area contributed by atoms with E-state index in [0.717, 1.165) is 54.2 Å². The minimum absolute atomic E-state index is 0.152. The molecular formula is C23H26N4O2. The molecule has 3 aromatic rings. The molecule has 150 valence electrons. The van der Waals surface area contributed by atoms with Crippen LogP contribution < -0.4 is 15.0 Å². The van der Waals surface area contributed by atoms with Crippen molar-refractivity contribution in [3.8, 4) is 5.75 Å². The molecule has 0 unspecified atom stereocenters. The first-order valence-electron chi connectivity index (χ1n) is 9.84. The topological polar surface area (TPSA) is 57.7 Å². The van der Waals surface area contributed by atoms with Gasteiger partial charge < -0.3 is 19.9 Å². The van der Waals surface area contributed by atoms with E-state index in [9.17, 15) is 4.79 Å². The Bertz CT molecular complexity index is 1040. The number of aryl methyl sites for hydroxylation is 1. The van der Waals surface area contributed by atoms with Crippen LogP contribution in [0.15, 0.2) is 48.5 Å². The Morgan fingerprint density at radius 3 is 2.59 bits per heavy atom. The summed E-state index contributed by atoms with van der Waals surface area (Å²) in [6, 6.07) is 15.6. The Kier molecular flexibility index (Phi) is 5.36. The number of nitrogens with one attached hydrogen (secondary N) is 1. The summed E-state index contributed by atoms with van der Waals surface area (Å²) in [6.45, 7) is 5.78. The summed E-state index contributed by atoms with van der Waals surface area (Å²) < 4.78 is 5.30. The van der Waals surface area contributed by atoms with Gasteiger partial charge in [-0.2, -0.15) is 0 Å². The number of hydrogen-bond acceptors (Lipinski definition) is 5. The Labute approximate surface area is 171 Å². The molecule has 0 saturated carbocycles. The summed E-state index contributed by atoms with van der Waals surface area (Å²) in [5.41, 5.74) is 4.00. The monoisotopic (exact) mass is 390 g/mol. The molecule has 1 saturated heterocycles. The smallest absolute Gasteiger partial charge is 0.257 e. The van der Waals surface area contributed by atoms with Crippen LogP contribution in [-0.2, 0) is 0 Å². The fourth-order valence-electron chi connectivity index (χ4n) is 3.70. The number of rotatable bonds is 4. The second-order valence-corrected chi connectivity index (χ2v) is 7.44. The number of methoxy groups -OCH3 is 1. The Balaban J connectivity index is 1.62. The Hall–Kier alpha value is -3.12. The molecule has 1 fully saturated rings. The first-order chi connectivity index (χ1) is 14.0. The van der Waals surface area contributed by atoms with E-state index < -0.39 is 0 Å². The highest BCUT2D eigenvalue weighted by atomic mass is 16.5. The third kappa shape index (κ3) is 4.03. The number of hydrogen-bond donors (Lipinski definition) is 1. The number of likely N-dealkylation sites (N-methyl/N-ethyl adjacent to an activating group) is 1. The van der Waals surface area contributed by atoms with Crippen LogP contribution in [0, 0.1) is 6.92 Å². The standard InChI is InChI=1S/C23H26N4O2/c1-16-19(15-17-14-18(29-3)8-9-20(17)24-16)23(28)25-21-6-4-5-7-22(21)27-12-10-26(2)11-13-27/h4-9,14-15H,10-13H2,1-3H3,(H,25,28). The first kappa shape index (κ1) is 19.2. The van der Waals surface area contributed by atoms with Crippen molar-refractivity contribution in [2.75, 3.05) is 50.6 Å². The lowest BCUT2D eigenvalue weighted by Gasteiger charge is -2.35. The van der Waals surface area contributed by atoms with Gasteiger partial charge in [0.15, 0.2) is 0 Å². The molecule has 4 rings (SSSR count). The normalized spacial score (nSPS) is 14.8. The maximum atomic E-state index is 13.1. The quantitative estimate of drug-likeness (QED) is 0.738. The SMILES string of the molecule is COc1ccc2nc(C)c(C(=O)Nc3ccccc3N3CCN(C)CC3)cc2c1. The number of pyridine rings is 1. The van der Waals surface area contributed by atoms with Crippen LogP contribution in [0.25, 0.3) is 10.9 Å². The van der Waals surface area contributed by atoms with E-state index in [1.165, 1.54) is 0 Å². The predicted molar refractivity (Wildman–Crippen MR) is 117 cm³/mol. The fraction of sp³-hybridized carbons (Fsp3) is 0.304. The van der Waals surface area contributed by atoms with Crippen molar-refractivity contribution in [1.82, 2.24) is 9.88 Å². The van der Waals surface area contributed by atoms with Crippen molar-refractivity contribution in [2.45, 2.75) is 6.92 Å². The molecule has 1 amide bonds. The van der Waals surface area contributed by atoms with Crippen LogP contribution in [0.2, 0.25) is 0 Å². The van der Waals surface area contributed by atoms with E-state index in [1.54, 1.807) is 7.11 Å². The number of aromatic nitrogens is 1. The van der Waals surface area contributed by atoms with Crippen LogP contribution in [0.1, 0.15) is 16.1 Å². The molecule has 0 spiro atoms. The maximum absolute atomic E-state index is 13.1. The zero-order valence-electron chi connectivity index (χ0n) is 17.1. The van der Waals surface area contributed by atoms with E-state index in [0.29, 0.717) is 11.3 Å². The van der Waals surface area contributed by atoms with Crippen LogP contribution >= 0.6 is 0 Å². The van der Waals surface area contributed by atoms with Crippen molar-refractivity contribution < 1.29 is 9.53 Å². The molecule has 0 radical (unpaired) electrons. The molecule has 0 aliphatic carbocycles. The summed E-state index contributed by atoms with van der Waals surface area (Å²) in [4.78, 5) is 22.4. The van der Waals surface area contributed by atoms with Gasteiger partial charge in [-0.3, -0.25) is 9.78 Å². The lowest BCUT2D eigenvalue weighted by Crippen LogP contribution is -2.44. The summed E-state index contributed by atoms with van der Waals surface area (Å²) in [7, 11) is 3.77. The highest BCUT2D eigenvalue weighted by Crippen LogP contribution is 2.28. The number of piperazine rings is 1. The third-order valence-corrected chi connectivity index (χ3v) is 5.45. The van der Waals surface area contributed by atoms with Crippen LogP contribution in [0.3, 0.4) is 0 Å². The molecule has 2 aromatic carbocycles. The van der Waals surface area contributed by atoms with Crippen LogP contribution in [0.4, 0.5) is 11.4 Å². The van der Waals surface area contributed by atoms with Crippen LogP contribution in [-0.4, -0.2) is 56.1 Å². The minimum atomic E-state index is -0.152. The highest BCUT2D eigenvalue weighted by Gasteiger charge is 2.19. The number of amides is 1. The number of fused-ring (bicyclic) bond motifs is 1. The van der Waals surface area contributed by atoms with E-state index in [4.69, 9.17) is 4.74 Å². The highest BCUT2D eigenvalue weighted by molar-refractivity contribution is 6.08. The molecule has 1 aromatic heterocycles. The van der Waals surface area contributed by atoms with Gasteiger partial charge >= 0.3 is 0 Å². The van der Waals surface area contributed by atoms with Crippen molar-refractivity contribution in [3.63, 3.8) is 0 Å². The molecule has 0 bridgehead atoms. The maximum Gasteiger partial charge on any atom is 0.257 e. The van der Waals surface area contributed by atoms with Crippen molar-refractivity contribution in [3.05, 3.63) is 59.8 Å². The van der Waals surface area contributed by atoms with E-state index in [-0.39, 0.29) is 5.91 Å². The van der Waals surface area contributed by atoms with E-state index >= 15 is 0 Å². The van der Waals surface area contributed by atoms with Gasteiger partial charge in [-0.25, -0.2) is 0 Å².